The highest BCUT2D eigenvalue weighted by Crippen LogP contribution is 2.82. The monoisotopic (exact) mass is 870 g/mol. The SMILES string of the molecule is CCSc1ccc2[nH]c3c(c2c1)CCN1C[C@H](C[C@@](O)(CC)C1)C[C@]3(C(=O)OC)C1C=C2C(=CC1OC)N(C)[C@@]13O[C@]1(C(=O)OC)[C@H](OC(C)=O)[C@]1(CC)C=CCN4CC[C@]23[C@@H]41. The number of nitrogens with one attached hydrogen (secondary N) is 1. The Morgan fingerprint density at radius 1 is 1.03 bits per heavy atom. The average Bonchev–Trinajstić information content (AvgIpc) is 3.51. The third-order valence-corrected chi connectivity index (χ3v) is 17.7. The van der Waals surface area contributed by atoms with Crippen LogP contribution in [0.15, 0.2) is 58.7 Å². The van der Waals surface area contributed by atoms with Gasteiger partial charge in [0, 0.05) is 91.8 Å². The molecule has 0 radical (unpaired) electrons. The number of benzene rings is 1. The molecule has 2 aromatic rings. The summed E-state index contributed by atoms with van der Waals surface area (Å²) in [7, 11) is 6.52. The zero-order valence-electron chi connectivity index (χ0n) is 37.4. The number of carbonyl (C=O) groups excluding carboxylic acids is 3. The maximum absolute atomic E-state index is 15.6. The van der Waals surface area contributed by atoms with Crippen molar-refractivity contribution >= 4 is 40.6 Å². The van der Waals surface area contributed by atoms with Crippen LogP contribution in [-0.2, 0) is 49.9 Å². The normalized spacial score (nSPS) is 41.3. The molecule has 12 atom stereocenters. The van der Waals surface area contributed by atoms with Gasteiger partial charge in [-0.05, 0) is 92.2 Å². The van der Waals surface area contributed by atoms with Gasteiger partial charge in [-0.15, -0.1) is 11.8 Å². The van der Waals surface area contributed by atoms with Crippen LogP contribution < -0.4 is 0 Å². The molecular weight excluding hydrogens is 809 g/mol. The van der Waals surface area contributed by atoms with Crippen molar-refractivity contribution in [3.63, 3.8) is 0 Å². The van der Waals surface area contributed by atoms with E-state index in [-0.39, 0.29) is 17.9 Å². The average molecular weight is 871 g/mol. The van der Waals surface area contributed by atoms with Crippen molar-refractivity contribution in [2.24, 2.45) is 22.7 Å². The zero-order chi connectivity index (χ0) is 43.8. The Labute approximate surface area is 368 Å². The molecule has 5 fully saturated rings. The van der Waals surface area contributed by atoms with Gasteiger partial charge in [-0.1, -0.05) is 39.0 Å². The highest BCUT2D eigenvalue weighted by Gasteiger charge is 2.99. The summed E-state index contributed by atoms with van der Waals surface area (Å²) < 4.78 is 31.8. The maximum Gasteiger partial charge on any atom is 0.347 e. The molecule has 8 aliphatic rings. The van der Waals surface area contributed by atoms with Crippen LogP contribution in [0.3, 0.4) is 0 Å². The molecule has 2 N–H and O–H groups in total. The first-order valence-electron chi connectivity index (χ1n) is 22.6. The Bertz CT molecular complexity index is 2330. The zero-order valence-corrected chi connectivity index (χ0v) is 38.2. The summed E-state index contributed by atoms with van der Waals surface area (Å²) in [5.74, 6) is -1.12. The van der Waals surface area contributed by atoms with E-state index >= 15 is 4.79 Å². The van der Waals surface area contributed by atoms with Crippen molar-refractivity contribution in [2.45, 2.75) is 112 Å². The van der Waals surface area contributed by atoms with Crippen LogP contribution >= 0.6 is 11.8 Å². The molecule has 4 saturated heterocycles. The van der Waals surface area contributed by atoms with Crippen molar-refractivity contribution in [3.05, 3.63) is 65.0 Å². The van der Waals surface area contributed by atoms with Gasteiger partial charge in [0.1, 0.15) is 5.41 Å². The van der Waals surface area contributed by atoms with Gasteiger partial charge in [-0.25, -0.2) is 4.79 Å². The van der Waals surface area contributed by atoms with Crippen LogP contribution in [0.1, 0.15) is 71.1 Å². The second kappa shape index (κ2) is 14.4. The van der Waals surface area contributed by atoms with E-state index in [1.54, 1.807) is 18.9 Å². The number of epoxide rings is 1. The lowest BCUT2D eigenvalue weighted by Crippen LogP contribution is -2.73. The number of hydrogen-bond donors (Lipinski definition) is 2. The maximum atomic E-state index is 15.6. The van der Waals surface area contributed by atoms with Gasteiger partial charge in [0.15, 0.2) is 11.8 Å². The summed E-state index contributed by atoms with van der Waals surface area (Å²) in [4.78, 5) is 55.3. The van der Waals surface area contributed by atoms with Gasteiger partial charge in [0.05, 0.1) is 31.3 Å². The molecule has 13 nitrogen and oxygen atoms in total. The number of allylic oxidation sites excluding steroid dienone is 1. The molecule has 2 aliphatic carbocycles. The molecule has 3 unspecified atom stereocenters. The molecular formula is C48H62N4O9S. The fraction of sp³-hybridized carbons (Fsp3) is 0.646. The number of esters is 3. The minimum Gasteiger partial charge on any atom is -0.468 e. The predicted octanol–water partition coefficient (Wildman–Crippen LogP) is 5.11. The molecule has 6 aliphatic heterocycles. The first kappa shape index (κ1) is 42.3. The number of aromatic nitrogens is 1. The van der Waals surface area contributed by atoms with E-state index < -0.39 is 63.2 Å². The Morgan fingerprint density at radius 3 is 2.52 bits per heavy atom. The molecule has 7 heterocycles. The molecule has 2 bridgehead atoms. The predicted molar refractivity (Wildman–Crippen MR) is 233 cm³/mol. The number of methoxy groups -OCH3 is 3. The number of ether oxygens (including phenoxy) is 5. The van der Waals surface area contributed by atoms with Crippen molar-refractivity contribution < 1.29 is 43.2 Å². The summed E-state index contributed by atoms with van der Waals surface area (Å²) in [5, 5.41) is 13.2. The summed E-state index contributed by atoms with van der Waals surface area (Å²) in [6.07, 6.45) is 10.6. The molecule has 1 aromatic heterocycles. The number of fused-ring (bicyclic) bond motifs is 6. The highest BCUT2D eigenvalue weighted by molar-refractivity contribution is 7.99. The lowest BCUT2D eigenvalue weighted by molar-refractivity contribution is -0.182. The Kier molecular flexibility index (Phi) is 9.84. The number of hydrogen-bond acceptors (Lipinski definition) is 13. The van der Waals surface area contributed by atoms with E-state index in [0.717, 1.165) is 58.8 Å². The molecule has 10 rings (SSSR count). The minimum absolute atomic E-state index is 0.0514. The van der Waals surface area contributed by atoms with Crippen molar-refractivity contribution in [2.75, 3.05) is 66.9 Å². The van der Waals surface area contributed by atoms with Gasteiger partial charge < -0.3 is 38.7 Å². The van der Waals surface area contributed by atoms with Gasteiger partial charge >= 0.3 is 17.9 Å². The lowest BCUT2D eigenvalue weighted by Gasteiger charge is -2.58. The summed E-state index contributed by atoms with van der Waals surface area (Å²) in [6.45, 7) is 11.2. The fourth-order valence-electron chi connectivity index (χ4n) is 14.6. The molecule has 334 valence electrons. The third-order valence-electron chi connectivity index (χ3n) is 16.8. The number of piperidine rings is 1. The van der Waals surface area contributed by atoms with Crippen molar-refractivity contribution in [1.29, 1.82) is 0 Å². The number of aliphatic hydroxyl groups is 1. The van der Waals surface area contributed by atoms with Crippen molar-refractivity contribution in [1.82, 2.24) is 19.7 Å². The summed E-state index contributed by atoms with van der Waals surface area (Å²) in [6, 6.07) is 6.31. The van der Waals surface area contributed by atoms with Gasteiger partial charge in [-0.2, -0.15) is 0 Å². The molecule has 1 aromatic carbocycles. The number of aromatic amines is 1. The first-order valence-corrected chi connectivity index (χ1v) is 23.6. The molecule has 62 heavy (non-hydrogen) atoms. The van der Waals surface area contributed by atoms with Crippen LogP contribution in [-0.4, -0.2) is 145 Å². The lowest BCUT2D eigenvalue weighted by atomic mass is 9.48. The number of likely N-dealkylation sites (tertiary alicyclic amines) is 1. The van der Waals surface area contributed by atoms with Crippen LogP contribution in [0.25, 0.3) is 10.9 Å². The Balaban J connectivity index is 1.25. The molecule has 2 spiro atoms. The van der Waals surface area contributed by atoms with E-state index in [1.807, 2.05) is 14.0 Å². The Hall–Kier alpha value is -3.66. The van der Waals surface area contributed by atoms with Gasteiger partial charge in [-0.3, -0.25) is 19.4 Å². The second-order valence-corrected chi connectivity index (χ2v) is 20.6. The van der Waals surface area contributed by atoms with Crippen molar-refractivity contribution in [3.8, 4) is 0 Å². The smallest absolute Gasteiger partial charge is 0.347 e. The van der Waals surface area contributed by atoms with Gasteiger partial charge in [0.2, 0.25) is 0 Å². The quantitative estimate of drug-likeness (QED) is 0.113. The van der Waals surface area contributed by atoms with Crippen LogP contribution in [0.4, 0.5) is 0 Å². The number of thioether (sulfide) groups is 1. The van der Waals surface area contributed by atoms with Crippen LogP contribution in [0.2, 0.25) is 0 Å². The molecule has 1 saturated carbocycles. The number of H-pyrrole nitrogens is 1. The summed E-state index contributed by atoms with van der Waals surface area (Å²) >= 11 is 1.79. The Morgan fingerprint density at radius 2 is 1.82 bits per heavy atom. The number of likely N-dealkylation sites (N-methyl/N-ethyl adjacent to an activating group) is 1. The minimum atomic E-state index is -1.64. The molecule has 0 amide bonds. The number of carbonyl (C=O) groups is 3. The van der Waals surface area contributed by atoms with E-state index in [1.165, 1.54) is 26.0 Å². The topological polar surface area (TPSA) is 146 Å². The first-order chi connectivity index (χ1) is 29.7. The van der Waals surface area contributed by atoms with E-state index in [2.05, 4.69) is 76.0 Å². The largest absolute Gasteiger partial charge is 0.468 e. The van der Waals surface area contributed by atoms with E-state index in [9.17, 15) is 14.7 Å². The third kappa shape index (κ3) is 5.13. The standard InChI is InChI=1S/C48H62N4O9S/c1-9-43(56)24-29-25-45(41(54)58-7,38-31(15-19-51(26-29)27-43)32-21-30(62-11-3)13-14-35(32)49-38)34-22-33-36(23-37(34)57-6)50(5)48-46(33)17-20-52-18-12-16-44(10-2,39(46)52)40(60-28(4)53)47(48,61-48)42(55)59-8/h12-14,16,21-23,29,34,37,39-40,49,56H,9-11,15,17-20,24-27H2,1-8H3/t29-,34?,37?,39+,40-,43+,44-,45+,46-,47+,48+/m1/s1. The molecule has 14 heteroatoms. The fourth-order valence-corrected chi connectivity index (χ4v) is 15.3. The van der Waals surface area contributed by atoms with E-state index in [0.29, 0.717) is 51.6 Å². The highest BCUT2D eigenvalue weighted by atomic mass is 32.2. The summed E-state index contributed by atoms with van der Waals surface area (Å²) in [5.41, 5.74) is -1.96. The number of nitrogens with zero attached hydrogens (tertiary/aromatic N) is 3. The van der Waals surface area contributed by atoms with Gasteiger partial charge in [0.25, 0.3) is 5.60 Å². The van der Waals surface area contributed by atoms with Crippen LogP contribution in [0.5, 0.6) is 0 Å². The van der Waals surface area contributed by atoms with Crippen LogP contribution in [0, 0.1) is 22.7 Å². The van der Waals surface area contributed by atoms with E-state index in [4.69, 9.17) is 23.7 Å². The number of rotatable bonds is 9. The second-order valence-electron chi connectivity index (χ2n) is 19.3.